The molecule has 4 nitrogen and oxygen atoms in total. The maximum atomic E-state index is 12.5. The maximum Gasteiger partial charge on any atom is 0.240 e. The predicted octanol–water partition coefficient (Wildman–Crippen LogP) is 4.18. The maximum absolute atomic E-state index is 12.5. The molecule has 2 rings (SSSR count). The molecule has 0 aliphatic carbocycles. The highest BCUT2D eigenvalue weighted by Crippen LogP contribution is 2.26. The van der Waals surface area contributed by atoms with Crippen LogP contribution in [0.25, 0.3) is 0 Å². The van der Waals surface area contributed by atoms with Crippen molar-refractivity contribution in [3.8, 4) is 5.75 Å². The van der Waals surface area contributed by atoms with Crippen molar-refractivity contribution in [2.75, 3.05) is 19.4 Å². The highest BCUT2D eigenvalue weighted by molar-refractivity contribution is 7.98. The number of nitrogens with one attached hydrogen (secondary N) is 1. The van der Waals surface area contributed by atoms with Crippen LogP contribution in [0.1, 0.15) is 16.7 Å². The van der Waals surface area contributed by atoms with Crippen LogP contribution in [0.5, 0.6) is 5.75 Å². The normalized spacial score (nSPS) is 11.5. The molecule has 0 aliphatic rings. The van der Waals surface area contributed by atoms with Gasteiger partial charge in [-0.05, 0) is 54.8 Å². The van der Waals surface area contributed by atoms with E-state index in [4.69, 9.17) is 16.3 Å². The third-order valence-electron chi connectivity index (χ3n) is 3.89. The Hall–Kier alpha value is -1.21. The fourth-order valence-electron chi connectivity index (χ4n) is 2.43. The van der Waals surface area contributed by atoms with Crippen LogP contribution in [-0.2, 0) is 15.8 Å². The highest BCUT2D eigenvalue weighted by Gasteiger charge is 2.18. The van der Waals surface area contributed by atoms with Crippen molar-refractivity contribution in [1.29, 1.82) is 0 Å². The van der Waals surface area contributed by atoms with Gasteiger partial charge < -0.3 is 4.74 Å². The van der Waals surface area contributed by atoms with Gasteiger partial charge in [0.05, 0.1) is 12.0 Å². The molecule has 0 radical (unpaired) electrons. The molecule has 0 aromatic heterocycles. The fraction of sp³-hybridized carbons (Fsp3) is 0.333. The van der Waals surface area contributed by atoms with E-state index in [0.29, 0.717) is 33.5 Å². The van der Waals surface area contributed by atoms with E-state index in [0.717, 1.165) is 16.9 Å². The molecule has 2 aromatic carbocycles. The summed E-state index contributed by atoms with van der Waals surface area (Å²) < 4.78 is 32.9. The summed E-state index contributed by atoms with van der Waals surface area (Å²) in [7, 11) is -1.96. The molecule has 0 unspecified atom stereocenters. The van der Waals surface area contributed by atoms with Gasteiger partial charge in [-0.15, -0.1) is 0 Å². The molecule has 0 saturated heterocycles. The average molecular weight is 400 g/mol. The molecule has 0 aliphatic heterocycles. The average Bonchev–Trinajstić information content (AvgIpc) is 2.56. The molecular weight excluding hydrogens is 378 g/mol. The van der Waals surface area contributed by atoms with Crippen LogP contribution >= 0.6 is 23.4 Å². The summed E-state index contributed by atoms with van der Waals surface area (Å²) in [6.45, 7) is 4.02. The van der Waals surface area contributed by atoms with Gasteiger partial charge in [0.25, 0.3) is 0 Å². The summed E-state index contributed by atoms with van der Waals surface area (Å²) in [5, 5.41) is 0.712. The summed E-state index contributed by atoms with van der Waals surface area (Å²) in [4.78, 5) is 0.297. The lowest BCUT2D eigenvalue weighted by molar-refractivity contribution is 0.410. The first-order valence-corrected chi connectivity index (χ1v) is 10.8. The van der Waals surface area contributed by atoms with Crippen molar-refractivity contribution in [1.82, 2.24) is 4.72 Å². The number of methoxy groups -OCH3 is 1. The van der Waals surface area contributed by atoms with Gasteiger partial charge in [-0.1, -0.05) is 23.7 Å². The van der Waals surface area contributed by atoms with Gasteiger partial charge >= 0.3 is 0 Å². The Kier molecular flexibility index (Phi) is 7.19. The minimum Gasteiger partial charge on any atom is -0.496 e. The second-order valence-electron chi connectivity index (χ2n) is 5.60. The Morgan fingerprint density at radius 3 is 2.60 bits per heavy atom. The number of hydrogen-bond acceptors (Lipinski definition) is 4. The SMILES string of the molecule is COc1ccc(S(=O)(=O)NCCSCc2cccc(Cl)c2)c(C)c1C. The van der Waals surface area contributed by atoms with Gasteiger partial charge in [-0.25, -0.2) is 13.1 Å². The highest BCUT2D eigenvalue weighted by atomic mass is 35.5. The van der Waals surface area contributed by atoms with E-state index >= 15 is 0 Å². The molecule has 7 heteroatoms. The van der Waals surface area contributed by atoms with Crippen LogP contribution in [0.2, 0.25) is 5.02 Å². The summed E-state index contributed by atoms with van der Waals surface area (Å²) in [6.07, 6.45) is 0. The molecule has 25 heavy (non-hydrogen) atoms. The quantitative estimate of drug-likeness (QED) is 0.676. The lowest BCUT2D eigenvalue weighted by Crippen LogP contribution is -2.27. The first kappa shape index (κ1) is 20.1. The second kappa shape index (κ2) is 8.94. The van der Waals surface area contributed by atoms with E-state index in [-0.39, 0.29) is 0 Å². The van der Waals surface area contributed by atoms with Crippen LogP contribution in [0.3, 0.4) is 0 Å². The van der Waals surface area contributed by atoms with Gasteiger partial charge in [-0.2, -0.15) is 11.8 Å². The van der Waals surface area contributed by atoms with Crippen LogP contribution in [0, 0.1) is 13.8 Å². The molecular formula is C18H22ClNO3S2. The first-order chi connectivity index (χ1) is 11.8. The zero-order valence-electron chi connectivity index (χ0n) is 14.5. The van der Waals surface area contributed by atoms with Crippen molar-refractivity contribution in [3.63, 3.8) is 0 Å². The molecule has 1 N–H and O–H groups in total. The summed E-state index contributed by atoms with van der Waals surface area (Å²) in [5.74, 6) is 2.16. The van der Waals surface area contributed by atoms with Crippen LogP contribution < -0.4 is 9.46 Å². The number of sulfonamides is 1. The van der Waals surface area contributed by atoms with Crippen molar-refractivity contribution in [2.24, 2.45) is 0 Å². The fourth-order valence-corrected chi connectivity index (χ4v) is 4.90. The van der Waals surface area contributed by atoms with Crippen molar-refractivity contribution < 1.29 is 13.2 Å². The summed E-state index contributed by atoms with van der Waals surface area (Å²) >= 11 is 7.61. The summed E-state index contributed by atoms with van der Waals surface area (Å²) in [6, 6.07) is 10.9. The Balaban J connectivity index is 1.90. The zero-order valence-corrected chi connectivity index (χ0v) is 16.9. The van der Waals surface area contributed by atoms with E-state index in [9.17, 15) is 8.42 Å². The number of hydrogen-bond donors (Lipinski definition) is 1. The van der Waals surface area contributed by atoms with Gasteiger partial charge in [-0.3, -0.25) is 0 Å². The van der Waals surface area contributed by atoms with E-state index < -0.39 is 10.0 Å². The van der Waals surface area contributed by atoms with Crippen molar-refractivity contribution in [3.05, 3.63) is 58.1 Å². The second-order valence-corrected chi connectivity index (χ2v) is 8.87. The number of rotatable bonds is 8. The number of thioether (sulfide) groups is 1. The monoisotopic (exact) mass is 399 g/mol. The third kappa shape index (κ3) is 5.38. The topological polar surface area (TPSA) is 55.4 Å². The first-order valence-electron chi connectivity index (χ1n) is 7.81. The smallest absolute Gasteiger partial charge is 0.240 e. The zero-order chi connectivity index (χ0) is 18.4. The Morgan fingerprint density at radius 1 is 1.16 bits per heavy atom. The van der Waals surface area contributed by atoms with Crippen LogP contribution in [-0.4, -0.2) is 27.8 Å². The van der Waals surface area contributed by atoms with Gasteiger partial charge in [0, 0.05) is 23.1 Å². The minimum atomic E-state index is -3.53. The van der Waals surface area contributed by atoms with E-state index in [2.05, 4.69) is 4.72 Å². The van der Waals surface area contributed by atoms with E-state index in [1.165, 1.54) is 0 Å². The Bertz CT molecular complexity index is 838. The third-order valence-corrected chi connectivity index (χ3v) is 6.76. The lowest BCUT2D eigenvalue weighted by atomic mass is 10.1. The largest absolute Gasteiger partial charge is 0.496 e. The minimum absolute atomic E-state index is 0.297. The molecule has 0 fully saturated rings. The van der Waals surface area contributed by atoms with E-state index in [1.54, 1.807) is 37.9 Å². The Labute approximate surface area is 159 Å². The molecule has 2 aromatic rings. The van der Waals surface area contributed by atoms with Crippen molar-refractivity contribution >= 4 is 33.4 Å². The molecule has 0 bridgehead atoms. The van der Waals surface area contributed by atoms with Gasteiger partial charge in [0.1, 0.15) is 5.75 Å². The Morgan fingerprint density at radius 2 is 1.92 bits per heavy atom. The standard InChI is InChI=1S/C18H22ClNO3S2/c1-13-14(2)18(8-7-17(13)23-3)25(21,22)20-9-10-24-12-15-5-4-6-16(19)11-15/h4-8,11,20H,9-10,12H2,1-3H3. The summed E-state index contributed by atoms with van der Waals surface area (Å²) in [5.41, 5.74) is 2.67. The van der Waals surface area contributed by atoms with Crippen LogP contribution in [0.4, 0.5) is 0 Å². The molecule has 0 atom stereocenters. The number of ether oxygens (including phenoxy) is 1. The van der Waals surface area contributed by atoms with Gasteiger partial charge in [0.2, 0.25) is 10.0 Å². The van der Waals surface area contributed by atoms with Crippen LogP contribution in [0.15, 0.2) is 41.3 Å². The molecule has 136 valence electrons. The lowest BCUT2D eigenvalue weighted by Gasteiger charge is -2.13. The van der Waals surface area contributed by atoms with E-state index in [1.807, 2.05) is 31.2 Å². The molecule has 0 spiro atoms. The van der Waals surface area contributed by atoms with Gasteiger partial charge in [0.15, 0.2) is 0 Å². The molecule has 0 saturated carbocycles. The van der Waals surface area contributed by atoms with Crippen molar-refractivity contribution in [2.45, 2.75) is 24.5 Å². The number of benzene rings is 2. The number of halogens is 1. The predicted molar refractivity (Wildman–Crippen MR) is 105 cm³/mol. The molecule has 0 amide bonds. The molecule has 0 heterocycles.